The minimum atomic E-state index is -0.233. The lowest BCUT2D eigenvalue weighted by atomic mass is 10.1. The molecule has 0 spiro atoms. The lowest BCUT2D eigenvalue weighted by Gasteiger charge is -2.14. The van der Waals surface area contributed by atoms with Crippen molar-refractivity contribution in [3.8, 4) is 5.75 Å². The van der Waals surface area contributed by atoms with Gasteiger partial charge in [0.15, 0.2) is 0 Å². The zero-order valence-corrected chi connectivity index (χ0v) is 12.9. The van der Waals surface area contributed by atoms with E-state index in [4.69, 9.17) is 11.6 Å². The van der Waals surface area contributed by atoms with Crippen LogP contribution in [0.5, 0.6) is 5.75 Å². The van der Waals surface area contributed by atoms with Gasteiger partial charge in [-0.1, -0.05) is 31.2 Å². The Labute approximate surface area is 127 Å². The molecule has 1 aromatic carbocycles. The van der Waals surface area contributed by atoms with E-state index in [1.54, 1.807) is 11.6 Å². The van der Waals surface area contributed by atoms with Crippen LogP contribution in [-0.2, 0) is 13.1 Å². The van der Waals surface area contributed by atoms with Crippen molar-refractivity contribution in [1.29, 1.82) is 0 Å². The Bertz CT molecular complexity index is 753. The summed E-state index contributed by atoms with van der Waals surface area (Å²) in [5.41, 5.74) is 0.450. The summed E-state index contributed by atoms with van der Waals surface area (Å²) in [5, 5.41) is 13.7. The molecule has 0 fully saturated rings. The highest BCUT2D eigenvalue weighted by atomic mass is 35.5. The topological polar surface area (TPSA) is 67.2 Å². The van der Waals surface area contributed by atoms with E-state index < -0.39 is 0 Å². The number of phenols is 1. The molecule has 21 heavy (non-hydrogen) atoms. The highest BCUT2D eigenvalue weighted by molar-refractivity contribution is 6.35. The Hall–Kier alpha value is -1.85. The summed E-state index contributed by atoms with van der Waals surface area (Å²) in [7, 11) is 1.78. The van der Waals surface area contributed by atoms with Gasteiger partial charge < -0.3 is 10.4 Å². The van der Waals surface area contributed by atoms with Gasteiger partial charge in [0.25, 0.3) is 5.56 Å². The maximum Gasteiger partial charge on any atom is 0.263 e. The van der Waals surface area contributed by atoms with Gasteiger partial charge >= 0.3 is 0 Å². The van der Waals surface area contributed by atoms with E-state index in [0.717, 1.165) is 6.42 Å². The maximum absolute atomic E-state index is 12.7. The molecular formula is C15H18ClN3O2. The van der Waals surface area contributed by atoms with E-state index >= 15 is 0 Å². The molecule has 6 heteroatoms. The number of halogens is 1. The summed E-state index contributed by atoms with van der Waals surface area (Å²) in [5.74, 6) is 0.506. The van der Waals surface area contributed by atoms with Gasteiger partial charge in [-0.15, -0.1) is 0 Å². The van der Waals surface area contributed by atoms with Crippen LogP contribution in [0.15, 0.2) is 17.4 Å². The molecule has 0 bridgehead atoms. The van der Waals surface area contributed by atoms with Crippen molar-refractivity contribution >= 4 is 28.6 Å². The van der Waals surface area contributed by atoms with Gasteiger partial charge in [0.05, 0.1) is 17.0 Å². The number of phenolic OH excluding ortho intramolecular Hbond substituents is 1. The first kappa shape index (κ1) is 15.5. The van der Waals surface area contributed by atoms with Crippen LogP contribution in [0.3, 0.4) is 0 Å². The van der Waals surface area contributed by atoms with Crippen molar-refractivity contribution in [1.82, 2.24) is 14.9 Å². The fraction of sp³-hybridized carbons (Fsp3) is 0.333. The first-order chi connectivity index (χ1) is 10.0. The van der Waals surface area contributed by atoms with E-state index in [2.05, 4.69) is 16.9 Å². The standard InChI is InChI=1S/C15H18ClN3O2/c1-4-6-19-11(8-17-3)18-13-12(15(19)21)10(16)7-9(5-2)14(13)20/h5,7,17,20H,2,4,6,8H2,1,3H3. The number of nitrogens with one attached hydrogen (secondary N) is 1. The lowest BCUT2D eigenvalue weighted by molar-refractivity contribution is 0.478. The van der Waals surface area contributed by atoms with Crippen LogP contribution < -0.4 is 10.9 Å². The van der Waals surface area contributed by atoms with Crippen molar-refractivity contribution in [3.63, 3.8) is 0 Å². The van der Waals surface area contributed by atoms with Crippen LogP contribution in [0, 0.1) is 0 Å². The molecule has 0 saturated carbocycles. The number of rotatable bonds is 5. The third-order valence-corrected chi connectivity index (χ3v) is 3.57. The van der Waals surface area contributed by atoms with E-state index in [-0.39, 0.29) is 27.2 Å². The van der Waals surface area contributed by atoms with Crippen molar-refractivity contribution < 1.29 is 5.11 Å². The van der Waals surface area contributed by atoms with Crippen molar-refractivity contribution in [2.45, 2.75) is 26.4 Å². The molecule has 0 aliphatic heterocycles. The molecule has 0 amide bonds. The zero-order chi connectivity index (χ0) is 15.6. The summed E-state index contributed by atoms with van der Waals surface area (Å²) in [6, 6.07) is 1.53. The van der Waals surface area contributed by atoms with Gasteiger partial charge in [0.1, 0.15) is 17.1 Å². The Balaban J connectivity index is 2.91. The molecule has 1 aromatic heterocycles. The molecule has 0 saturated heterocycles. The van der Waals surface area contributed by atoms with Crippen LogP contribution in [0.1, 0.15) is 24.7 Å². The highest BCUT2D eigenvalue weighted by Gasteiger charge is 2.17. The second-order valence-electron chi connectivity index (χ2n) is 4.74. The Morgan fingerprint density at radius 3 is 2.86 bits per heavy atom. The van der Waals surface area contributed by atoms with Crippen LogP contribution >= 0.6 is 11.6 Å². The van der Waals surface area contributed by atoms with Crippen molar-refractivity contribution in [3.05, 3.63) is 39.4 Å². The average molecular weight is 308 g/mol. The third kappa shape index (κ3) is 2.66. The number of nitrogens with zero attached hydrogens (tertiary/aromatic N) is 2. The van der Waals surface area contributed by atoms with Gasteiger partial charge in [-0.3, -0.25) is 9.36 Å². The van der Waals surface area contributed by atoms with E-state index in [9.17, 15) is 9.90 Å². The summed E-state index contributed by atoms with van der Waals surface area (Å²) in [6.45, 7) is 6.60. The van der Waals surface area contributed by atoms with Crippen LogP contribution in [0.25, 0.3) is 17.0 Å². The Morgan fingerprint density at radius 2 is 2.29 bits per heavy atom. The second kappa shape index (κ2) is 6.28. The number of hydrogen-bond acceptors (Lipinski definition) is 4. The number of hydrogen-bond donors (Lipinski definition) is 2. The third-order valence-electron chi connectivity index (χ3n) is 3.27. The predicted molar refractivity (Wildman–Crippen MR) is 85.8 cm³/mol. The first-order valence-corrected chi connectivity index (χ1v) is 7.14. The molecule has 0 unspecified atom stereocenters. The minimum Gasteiger partial charge on any atom is -0.505 e. The van der Waals surface area contributed by atoms with Gasteiger partial charge in [0.2, 0.25) is 0 Å². The summed E-state index contributed by atoms with van der Waals surface area (Å²) >= 11 is 6.19. The highest BCUT2D eigenvalue weighted by Crippen LogP contribution is 2.32. The zero-order valence-electron chi connectivity index (χ0n) is 12.1. The molecule has 1 heterocycles. The monoisotopic (exact) mass is 307 g/mol. The average Bonchev–Trinajstić information content (AvgIpc) is 2.46. The molecule has 0 aliphatic carbocycles. The molecule has 0 radical (unpaired) electrons. The number of benzene rings is 1. The predicted octanol–water partition coefficient (Wildman–Crippen LogP) is 2.53. The summed E-state index contributed by atoms with van der Waals surface area (Å²) in [4.78, 5) is 17.1. The minimum absolute atomic E-state index is 0.0671. The summed E-state index contributed by atoms with van der Waals surface area (Å²) < 4.78 is 1.59. The van der Waals surface area contributed by atoms with E-state index in [1.165, 1.54) is 12.1 Å². The van der Waals surface area contributed by atoms with E-state index in [1.807, 2.05) is 6.92 Å². The maximum atomic E-state index is 12.7. The molecule has 5 nitrogen and oxygen atoms in total. The quantitative estimate of drug-likeness (QED) is 0.891. The fourth-order valence-electron chi connectivity index (χ4n) is 2.30. The molecule has 2 rings (SSSR count). The largest absolute Gasteiger partial charge is 0.505 e. The van der Waals surface area contributed by atoms with Gasteiger partial charge in [0, 0.05) is 12.1 Å². The summed E-state index contributed by atoms with van der Waals surface area (Å²) in [6.07, 6.45) is 2.29. The van der Waals surface area contributed by atoms with Crippen LogP contribution in [0.4, 0.5) is 0 Å². The molecule has 112 valence electrons. The Kier molecular flexibility index (Phi) is 4.65. The van der Waals surface area contributed by atoms with Crippen molar-refractivity contribution in [2.24, 2.45) is 0 Å². The number of fused-ring (bicyclic) bond motifs is 1. The smallest absolute Gasteiger partial charge is 0.263 e. The Morgan fingerprint density at radius 1 is 1.57 bits per heavy atom. The van der Waals surface area contributed by atoms with E-state index in [0.29, 0.717) is 24.5 Å². The molecule has 0 atom stereocenters. The SMILES string of the molecule is C=Cc1cc(Cl)c2c(=O)n(CCC)c(CNC)nc2c1O. The van der Waals surface area contributed by atoms with Gasteiger partial charge in [-0.2, -0.15) is 0 Å². The normalized spacial score (nSPS) is 11.0. The molecule has 2 N–H and O–H groups in total. The van der Waals surface area contributed by atoms with Gasteiger partial charge in [-0.05, 0) is 19.5 Å². The van der Waals surface area contributed by atoms with Crippen molar-refractivity contribution in [2.75, 3.05) is 7.05 Å². The molecule has 2 aromatic rings. The van der Waals surface area contributed by atoms with Gasteiger partial charge in [-0.25, -0.2) is 4.98 Å². The lowest BCUT2D eigenvalue weighted by Crippen LogP contribution is -2.28. The molecule has 0 aliphatic rings. The van der Waals surface area contributed by atoms with Crippen LogP contribution in [-0.4, -0.2) is 21.7 Å². The van der Waals surface area contributed by atoms with Crippen LogP contribution in [0.2, 0.25) is 5.02 Å². The molecular weight excluding hydrogens is 290 g/mol. The fourth-order valence-corrected chi connectivity index (χ4v) is 2.59. The second-order valence-corrected chi connectivity index (χ2v) is 5.15. The number of aromatic nitrogens is 2. The first-order valence-electron chi connectivity index (χ1n) is 6.77. The number of aromatic hydroxyl groups is 1.